The number of fused-ring (bicyclic) bond motifs is 1. The van der Waals surface area contributed by atoms with Gasteiger partial charge in [-0.15, -0.1) is 0 Å². The Bertz CT molecular complexity index is 823. The predicted octanol–water partition coefficient (Wildman–Crippen LogP) is 2.72. The molecule has 0 bridgehead atoms. The summed E-state index contributed by atoms with van der Waals surface area (Å²) in [6.45, 7) is 1.45. The number of ether oxygens (including phenoxy) is 1. The lowest BCUT2D eigenvalue weighted by molar-refractivity contribution is -0.189. The molecule has 0 saturated carbocycles. The summed E-state index contributed by atoms with van der Waals surface area (Å²) in [5.41, 5.74) is 6.30. The van der Waals surface area contributed by atoms with Crippen LogP contribution in [0.5, 0.6) is 5.75 Å². The fraction of sp³-hybridized carbons (Fsp3) is 0.375. The third-order valence-electron chi connectivity index (χ3n) is 4.17. The van der Waals surface area contributed by atoms with Crippen molar-refractivity contribution in [2.75, 3.05) is 18.0 Å². The van der Waals surface area contributed by atoms with E-state index in [0.717, 1.165) is 38.5 Å². The second kappa shape index (κ2) is 6.30. The van der Waals surface area contributed by atoms with Crippen LogP contribution in [0.3, 0.4) is 0 Å². The molecule has 0 atom stereocenters. The maximum atomic E-state index is 12.5. The van der Waals surface area contributed by atoms with Crippen LogP contribution in [0, 0.1) is 0 Å². The van der Waals surface area contributed by atoms with E-state index in [1.54, 1.807) is 6.07 Å². The minimum absolute atomic E-state index is 0.116. The zero-order chi connectivity index (χ0) is 18.2. The smallest absolute Gasteiger partial charge is 0.417 e. The van der Waals surface area contributed by atoms with Gasteiger partial charge in [-0.1, -0.05) is 0 Å². The van der Waals surface area contributed by atoms with Crippen molar-refractivity contribution in [2.45, 2.75) is 25.4 Å². The highest BCUT2D eigenvalue weighted by atomic mass is 19.4. The number of nitrogens with zero attached hydrogens (tertiary/aromatic N) is 1. The average molecular weight is 355 g/mol. The highest BCUT2D eigenvalue weighted by Gasteiger charge is 2.42. The molecule has 9 heteroatoms. The number of aromatic amines is 1. The molecule has 1 fully saturated rings. The quantitative estimate of drug-likeness (QED) is 0.829. The zero-order valence-electron chi connectivity index (χ0n) is 13.2. The third-order valence-corrected chi connectivity index (χ3v) is 4.17. The number of H-pyrrole nitrogens is 1. The number of rotatable bonds is 3. The summed E-state index contributed by atoms with van der Waals surface area (Å²) in [5.74, 6) is -3.32. The molecule has 2 heterocycles. The molecular weight excluding hydrogens is 339 g/mol. The molecule has 1 saturated heterocycles. The summed E-state index contributed by atoms with van der Waals surface area (Å²) in [6, 6.07) is 3.13. The number of hydrogen-bond acceptors (Lipinski definition) is 4. The van der Waals surface area contributed by atoms with Crippen LogP contribution in [-0.2, 0) is 4.79 Å². The Hall–Kier alpha value is -2.71. The molecule has 2 aromatic rings. The maximum Gasteiger partial charge on any atom is 0.491 e. The maximum absolute atomic E-state index is 12.5. The van der Waals surface area contributed by atoms with Gasteiger partial charge in [0.1, 0.15) is 0 Å². The second-order valence-electron chi connectivity index (χ2n) is 5.83. The first-order chi connectivity index (χ1) is 11.8. The number of primary amides is 1. The summed E-state index contributed by atoms with van der Waals surface area (Å²) >= 11 is 0. The molecular formula is C16H16F3N3O3. The molecule has 0 spiro atoms. The highest BCUT2D eigenvalue weighted by molar-refractivity contribution is 6.11. The van der Waals surface area contributed by atoms with E-state index < -0.39 is 18.1 Å². The van der Waals surface area contributed by atoms with E-state index in [0.29, 0.717) is 5.69 Å². The Morgan fingerprint density at radius 3 is 2.44 bits per heavy atom. The molecule has 0 aliphatic carbocycles. The number of esters is 1. The van der Waals surface area contributed by atoms with Crippen molar-refractivity contribution < 1.29 is 27.5 Å². The standard InChI is InChI=1S/C16H16F3N3O3/c17-16(18,19)15(24)25-11-8-21-13-9(14(20)23)4-5-10(12(11)13)22-6-2-1-3-7-22/h4-5,8,21H,1-3,6-7H2,(H2,20,23). The van der Waals surface area contributed by atoms with Gasteiger partial charge in [0.25, 0.3) is 5.91 Å². The van der Waals surface area contributed by atoms with E-state index in [4.69, 9.17) is 5.73 Å². The van der Waals surface area contributed by atoms with E-state index in [1.165, 1.54) is 6.07 Å². The Labute approximate surface area is 140 Å². The van der Waals surface area contributed by atoms with Gasteiger partial charge in [0.2, 0.25) is 0 Å². The van der Waals surface area contributed by atoms with Crippen LogP contribution >= 0.6 is 0 Å². The van der Waals surface area contributed by atoms with Crippen LogP contribution in [0.25, 0.3) is 10.9 Å². The summed E-state index contributed by atoms with van der Waals surface area (Å²) in [4.78, 5) is 27.5. The van der Waals surface area contributed by atoms with Crippen LogP contribution in [0.1, 0.15) is 29.6 Å². The Morgan fingerprint density at radius 1 is 1.16 bits per heavy atom. The topological polar surface area (TPSA) is 88.4 Å². The van der Waals surface area contributed by atoms with Crippen LogP contribution in [0.15, 0.2) is 18.3 Å². The van der Waals surface area contributed by atoms with E-state index in [1.807, 2.05) is 4.90 Å². The molecule has 1 aromatic carbocycles. The van der Waals surface area contributed by atoms with Gasteiger partial charge in [-0.2, -0.15) is 13.2 Å². The van der Waals surface area contributed by atoms with Gasteiger partial charge >= 0.3 is 12.1 Å². The predicted molar refractivity (Wildman–Crippen MR) is 84.6 cm³/mol. The molecule has 1 aliphatic heterocycles. The van der Waals surface area contributed by atoms with Crippen LogP contribution < -0.4 is 15.4 Å². The first kappa shape index (κ1) is 17.1. The molecule has 3 rings (SSSR count). The number of benzene rings is 1. The summed E-state index contributed by atoms with van der Waals surface area (Å²) in [6.07, 6.45) is -1.02. The SMILES string of the molecule is NC(=O)c1ccc(N2CCCCC2)c2c(OC(=O)C(F)(F)F)c[nH]c12. The van der Waals surface area contributed by atoms with Crippen molar-refractivity contribution in [1.82, 2.24) is 4.98 Å². The van der Waals surface area contributed by atoms with Crippen molar-refractivity contribution in [1.29, 1.82) is 0 Å². The Morgan fingerprint density at radius 2 is 1.84 bits per heavy atom. The minimum atomic E-state index is -5.11. The number of piperidine rings is 1. The lowest BCUT2D eigenvalue weighted by atomic mass is 10.0. The number of alkyl halides is 3. The van der Waals surface area contributed by atoms with Gasteiger partial charge in [-0.3, -0.25) is 4.79 Å². The molecule has 1 aliphatic rings. The number of nitrogens with one attached hydrogen (secondary N) is 1. The molecule has 1 amide bonds. The van der Waals surface area contributed by atoms with Crippen molar-refractivity contribution in [2.24, 2.45) is 5.73 Å². The van der Waals surface area contributed by atoms with Gasteiger partial charge in [0.15, 0.2) is 5.75 Å². The van der Waals surface area contributed by atoms with Crippen LogP contribution in [-0.4, -0.2) is 36.1 Å². The van der Waals surface area contributed by atoms with Gasteiger partial charge in [-0.25, -0.2) is 4.79 Å². The van der Waals surface area contributed by atoms with Gasteiger partial charge in [-0.05, 0) is 31.4 Å². The monoisotopic (exact) mass is 355 g/mol. The number of halogens is 3. The van der Waals surface area contributed by atoms with Crippen molar-refractivity contribution in [3.8, 4) is 5.75 Å². The zero-order valence-corrected chi connectivity index (χ0v) is 13.2. The first-order valence-electron chi connectivity index (χ1n) is 7.77. The first-order valence-corrected chi connectivity index (χ1v) is 7.77. The molecule has 0 unspecified atom stereocenters. The fourth-order valence-corrected chi connectivity index (χ4v) is 3.04. The number of carbonyl (C=O) groups is 2. The normalized spacial score (nSPS) is 15.4. The van der Waals surface area contributed by atoms with E-state index in [-0.39, 0.29) is 22.2 Å². The molecule has 6 nitrogen and oxygen atoms in total. The molecule has 134 valence electrons. The second-order valence-corrected chi connectivity index (χ2v) is 5.83. The van der Waals surface area contributed by atoms with E-state index in [9.17, 15) is 22.8 Å². The third kappa shape index (κ3) is 3.26. The fourth-order valence-electron chi connectivity index (χ4n) is 3.04. The average Bonchev–Trinajstić information content (AvgIpc) is 2.97. The summed E-state index contributed by atoms with van der Waals surface area (Å²) < 4.78 is 42.1. The van der Waals surface area contributed by atoms with Gasteiger partial charge in [0, 0.05) is 25.0 Å². The Balaban J connectivity index is 2.12. The largest absolute Gasteiger partial charge is 0.491 e. The minimum Gasteiger partial charge on any atom is -0.417 e. The van der Waals surface area contributed by atoms with E-state index >= 15 is 0 Å². The molecule has 0 radical (unpaired) electrons. The lowest BCUT2D eigenvalue weighted by Crippen LogP contribution is -2.30. The number of carbonyl (C=O) groups excluding carboxylic acids is 2. The van der Waals surface area contributed by atoms with Crippen molar-refractivity contribution >= 4 is 28.5 Å². The molecule has 3 N–H and O–H groups in total. The van der Waals surface area contributed by atoms with Crippen molar-refractivity contribution in [3.63, 3.8) is 0 Å². The summed E-state index contributed by atoms with van der Waals surface area (Å²) in [7, 11) is 0. The molecule has 1 aromatic heterocycles. The van der Waals surface area contributed by atoms with Crippen LogP contribution in [0.2, 0.25) is 0 Å². The van der Waals surface area contributed by atoms with Crippen molar-refractivity contribution in [3.05, 3.63) is 23.9 Å². The highest BCUT2D eigenvalue weighted by Crippen LogP contribution is 2.38. The van der Waals surface area contributed by atoms with Gasteiger partial charge in [0.05, 0.1) is 16.5 Å². The number of hydrogen-bond donors (Lipinski definition) is 2. The Kier molecular flexibility index (Phi) is 4.32. The van der Waals surface area contributed by atoms with Gasteiger partial charge < -0.3 is 20.4 Å². The summed E-state index contributed by atoms with van der Waals surface area (Å²) in [5, 5.41) is 0.246. The number of amides is 1. The number of aromatic nitrogens is 1. The lowest BCUT2D eigenvalue weighted by Gasteiger charge is -2.29. The number of nitrogens with two attached hydrogens (primary N) is 1. The molecule has 25 heavy (non-hydrogen) atoms. The van der Waals surface area contributed by atoms with E-state index in [2.05, 4.69) is 9.72 Å². The number of anilines is 1. The van der Waals surface area contributed by atoms with Crippen LogP contribution in [0.4, 0.5) is 18.9 Å².